The highest BCUT2D eigenvalue weighted by molar-refractivity contribution is 14.1. The summed E-state index contributed by atoms with van der Waals surface area (Å²) in [6, 6.07) is 6.92. The van der Waals surface area contributed by atoms with Crippen molar-refractivity contribution in [2.75, 3.05) is 0 Å². The molecule has 0 fully saturated rings. The Labute approximate surface area is 135 Å². The third kappa shape index (κ3) is 4.10. The monoisotopic (exact) mass is 402 g/mol. The molecule has 0 aliphatic heterocycles. The first-order chi connectivity index (χ1) is 9.97. The molecule has 112 valence electrons. The molecule has 0 aliphatic rings. The van der Waals surface area contributed by atoms with Crippen molar-refractivity contribution in [2.45, 2.75) is 26.6 Å². The average molecular weight is 402 g/mol. The van der Waals surface area contributed by atoms with Gasteiger partial charge in [0.05, 0.1) is 17.9 Å². The molecule has 0 radical (unpaired) electrons. The molecule has 1 aromatic carbocycles. The Kier molecular flexibility index (Phi) is 5.05. The lowest BCUT2D eigenvalue weighted by Gasteiger charge is -2.13. The molecule has 0 bridgehead atoms. The number of carbonyl (C=O) groups excluding carboxylic acids is 1. The molecule has 2 aromatic rings. The maximum atomic E-state index is 12.1. The Morgan fingerprint density at radius 2 is 2.19 bits per heavy atom. The summed E-state index contributed by atoms with van der Waals surface area (Å²) in [5, 5.41) is 12.8. The molecule has 1 heterocycles. The van der Waals surface area contributed by atoms with Gasteiger partial charge in [0.25, 0.3) is 0 Å². The first-order valence-electron chi connectivity index (χ1n) is 6.33. The van der Waals surface area contributed by atoms with Crippen LogP contribution in [0.3, 0.4) is 0 Å². The number of ether oxygens (including phenoxy) is 2. The van der Waals surface area contributed by atoms with Gasteiger partial charge in [0.2, 0.25) is 5.88 Å². The number of aromatic nitrogens is 2. The van der Waals surface area contributed by atoms with Crippen LogP contribution in [0.5, 0.6) is 5.88 Å². The molecule has 7 heteroatoms. The van der Waals surface area contributed by atoms with Gasteiger partial charge in [-0.05, 0) is 48.6 Å². The lowest BCUT2D eigenvalue weighted by atomic mass is 10.1. The Morgan fingerprint density at radius 1 is 1.43 bits per heavy atom. The van der Waals surface area contributed by atoms with Gasteiger partial charge in [-0.3, -0.25) is 0 Å². The van der Waals surface area contributed by atoms with E-state index in [0.717, 1.165) is 9.13 Å². The second-order valence-corrected chi connectivity index (χ2v) is 5.75. The second kappa shape index (κ2) is 6.79. The van der Waals surface area contributed by atoms with Crippen LogP contribution >= 0.6 is 22.6 Å². The van der Waals surface area contributed by atoms with E-state index in [1.807, 2.05) is 6.07 Å². The van der Waals surface area contributed by atoms with E-state index in [1.165, 1.54) is 12.3 Å². The minimum absolute atomic E-state index is 0.165. The Morgan fingerprint density at radius 3 is 2.81 bits per heavy atom. The normalized spacial score (nSPS) is 10.7. The van der Waals surface area contributed by atoms with Crippen LogP contribution in [0.4, 0.5) is 0 Å². The Hall–Kier alpha value is -1.77. The van der Waals surface area contributed by atoms with Gasteiger partial charge >= 0.3 is 5.97 Å². The van der Waals surface area contributed by atoms with Crippen LogP contribution in [0.2, 0.25) is 0 Å². The zero-order valence-corrected chi connectivity index (χ0v) is 13.8. The number of nitrogens with zero attached hydrogens (tertiary/aromatic N) is 2. The van der Waals surface area contributed by atoms with Crippen molar-refractivity contribution in [1.82, 2.24) is 9.94 Å². The predicted molar refractivity (Wildman–Crippen MR) is 83.5 cm³/mol. The number of benzene rings is 1. The van der Waals surface area contributed by atoms with Crippen LogP contribution in [-0.4, -0.2) is 27.2 Å². The molecule has 0 saturated heterocycles. The number of halogens is 1. The maximum absolute atomic E-state index is 12.1. The van der Waals surface area contributed by atoms with E-state index < -0.39 is 0 Å². The summed E-state index contributed by atoms with van der Waals surface area (Å²) in [6.07, 6.45) is 1.17. The summed E-state index contributed by atoms with van der Waals surface area (Å²) in [5.41, 5.74) is 1.20. The molecular formula is C14H15IN2O4. The maximum Gasteiger partial charge on any atom is 0.338 e. The van der Waals surface area contributed by atoms with Crippen molar-refractivity contribution in [3.8, 4) is 5.88 Å². The van der Waals surface area contributed by atoms with Gasteiger partial charge in [-0.25, -0.2) is 4.79 Å². The second-order valence-electron chi connectivity index (χ2n) is 4.58. The van der Waals surface area contributed by atoms with Crippen molar-refractivity contribution in [3.05, 3.63) is 45.2 Å². The van der Waals surface area contributed by atoms with E-state index >= 15 is 0 Å². The summed E-state index contributed by atoms with van der Waals surface area (Å²) in [7, 11) is 0. The fourth-order valence-electron chi connectivity index (χ4n) is 1.70. The molecule has 6 nitrogen and oxygen atoms in total. The van der Waals surface area contributed by atoms with Crippen LogP contribution in [0, 0.1) is 3.57 Å². The molecule has 0 atom stereocenters. The van der Waals surface area contributed by atoms with Crippen molar-refractivity contribution in [2.24, 2.45) is 0 Å². The zero-order chi connectivity index (χ0) is 15.4. The van der Waals surface area contributed by atoms with Crippen molar-refractivity contribution < 1.29 is 19.5 Å². The summed E-state index contributed by atoms with van der Waals surface area (Å²) in [4.78, 5) is 12.8. The predicted octanol–water partition coefficient (Wildman–Crippen LogP) is 2.87. The number of hydrogen-bond acceptors (Lipinski definition) is 5. The van der Waals surface area contributed by atoms with Gasteiger partial charge < -0.3 is 14.7 Å². The van der Waals surface area contributed by atoms with Crippen molar-refractivity contribution >= 4 is 28.6 Å². The Balaban J connectivity index is 2.19. The van der Waals surface area contributed by atoms with E-state index in [0.29, 0.717) is 10.4 Å². The third-order valence-electron chi connectivity index (χ3n) is 2.60. The number of esters is 1. The first-order valence-corrected chi connectivity index (χ1v) is 7.41. The quantitative estimate of drug-likeness (QED) is 0.473. The van der Waals surface area contributed by atoms with Crippen molar-refractivity contribution in [1.29, 1.82) is 0 Å². The third-order valence-corrected chi connectivity index (χ3v) is 3.61. The van der Waals surface area contributed by atoms with Gasteiger partial charge in [0, 0.05) is 15.2 Å². The fourth-order valence-corrected chi connectivity index (χ4v) is 2.35. The molecule has 0 aliphatic carbocycles. The van der Waals surface area contributed by atoms with E-state index in [1.54, 1.807) is 26.0 Å². The minimum Gasteiger partial charge on any atom is -0.472 e. The lowest BCUT2D eigenvalue weighted by molar-refractivity contribution is 0.0374. The SMILES string of the molecule is CC(C)OC(=O)c1cccc(I)c1COc1ccn(O)n1. The van der Waals surface area contributed by atoms with Crippen LogP contribution in [0.15, 0.2) is 30.5 Å². The highest BCUT2D eigenvalue weighted by Gasteiger charge is 2.17. The van der Waals surface area contributed by atoms with Crippen LogP contribution in [-0.2, 0) is 11.3 Å². The highest BCUT2D eigenvalue weighted by atomic mass is 127. The van der Waals surface area contributed by atoms with E-state index in [9.17, 15) is 4.79 Å². The van der Waals surface area contributed by atoms with Crippen LogP contribution < -0.4 is 4.74 Å². The summed E-state index contributed by atoms with van der Waals surface area (Å²) in [6.45, 7) is 3.77. The standard InChI is InChI=1S/C14H15IN2O4/c1-9(2)21-14(18)10-4-3-5-12(15)11(10)8-20-13-6-7-17(19)16-13/h3-7,9,19H,8H2,1-2H3. The number of carbonyl (C=O) groups is 1. The van der Waals surface area contributed by atoms with E-state index in [4.69, 9.17) is 14.7 Å². The summed E-state index contributed by atoms with van der Waals surface area (Å²) < 4.78 is 11.6. The highest BCUT2D eigenvalue weighted by Crippen LogP contribution is 2.20. The van der Waals surface area contributed by atoms with Gasteiger partial charge in [0.15, 0.2) is 0 Å². The number of hydrogen-bond donors (Lipinski definition) is 1. The first kappa shape index (κ1) is 15.6. The van der Waals surface area contributed by atoms with E-state index in [-0.39, 0.29) is 24.6 Å². The zero-order valence-electron chi connectivity index (χ0n) is 11.6. The van der Waals surface area contributed by atoms with Gasteiger partial charge in [-0.2, -0.15) is 0 Å². The Bertz CT molecular complexity index is 640. The smallest absolute Gasteiger partial charge is 0.338 e. The molecule has 0 unspecified atom stereocenters. The molecule has 0 spiro atoms. The average Bonchev–Trinajstić information content (AvgIpc) is 2.82. The lowest BCUT2D eigenvalue weighted by Crippen LogP contribution is -2.15. The molecule has 21 heavy (non-hydrogen) atoms. The molecule has 2 rings (SSSR count). The largest absolute Gasteiger partial charge is 0.472 e. The molecule has 0 saturated carbocycles. The topological polar surface area (TPSA) is 73.6 Å². The van der Waals surface area contributed by atoms with Gasteiger partial charge in [-0.1, -0.05) is 11.2 Å². The van der Waals surface area contributed by atoms with E-state index in [2.05, 4.69) is 27.7 Å². The molecular weight excluding hydrogens is 387 g/mol. The van der Waals surface area contributed by atoms with Crippen LogP contribution in [0.25, 0.3) is 0 Å². The fraction of sp³-hybridized carbons (Fsp3) is 0.286. The van der Waals surface area contributed by atoms with Crippen molar-refractivity contribution in [3.63, 3.8) is 0 Å². The summed E-state index contributed by atoms with van der Waals surface area (Å²) >= 11 is 2.14. The molecule has 1 N–H and O–H groups in total. The molecule has 1 aromatic heterocycles. The van der Waals surface area contributed by atoms with Gasteiger partial charge in [0.1, 0.15) is 6.61 Å². The minimum atomic E-state index is -0.380. The van der Waals surface area contributed by atoms with Crippen LogP contribution in [0.1, 0.15) is 29.8 Å². The number of rotatable bonds is 5. The van der Waals surface area contributed by atoms with Gasteiger partial charge in [-0.15, -0.1) is 4.85 Å². The molecule has 0 amide bonds. The summed E-state index contributed by atoms with van der Waals surface area (Å²) in [5.74, 6) is -0.102.